The van der Waals surface area contributed by atoms with Crippen LogP contribution in [0.3, 0.4) is 0 Å². The Morgan fingerprint density at radius 2 is 1.70 bits per heavy atom. The van der Waals surface area contributed by atoms with Gasteiger partial charge in [0.05, 0.1) is 0 Å². The second-order valence-corrected chi connectivity index (χ2v) is 7.24. The van der Waals surface area contributed by atoms with Crippen LogP contribution in [0.4, 0.5) is 11.4 Å². The number of nitrogens with one attached hydrogen (secondary N) is 1. The average Bonchev–Trinajstić information content (AvgIpc) is 2.63. The highest BCUT2D eigenvalue weighted by Crippen LogP contribution is 2.26. The fourth-order valence-corrected chi connectivity index (χ4v) is 3.22. The summed E-state index contributed by atoms with van der Waals surface area (Å²) in [7, 11) is 0. The topological polar surface area (TPSA) is 58.4 Å². The maximum absolute atomic E-state index is 12.7. The molecule has 148 valence electrons. The predicted molar refractivity (Wildman–Crippen MR) is 118 cm³/mol. The lowest BCUT2D eigenvalue weighted by molar-refractivity contribution is -0.120. The van der Waals surface area contributed by atoms with Crippen molar-refractivity contribution in [2.75, 3.05) is 23.3 Å². The molecule has 27 heavy (non-hydrogen) atoms. The van der Waals surface area contributed by atoms with Crippen LogP contribution in [0.2, 0.25) is 0 Å². The van der Waals surface area contributed by atoms with Gasteiger partial charge in [-0.3, -0.25) is 4.79 Å². The highest BCUT2D eigenvalue weighted by atomic mass is 35.5. The molecule has 3 rings (SSSR count). The van der Waals surface area contributed by atoms with Gasteiger partial charge in [-0.15, -0.1) is 24.8 Å². The first kappa shape index (κ1) is 23.3. The standard InChI is InChI=1S/C21H27N3O.2ClH/c1-16-11-13-24(14-12-16)19-10-6-9-18(15-19)23-20(25)21(2,22)17-7-4-3-5-8-17;;/h3-10,15-16H,11-14,22H2,1-2H3,(H,23,25);2*1H. The molecular weight excluding hydrogens is 381 g/mol. The van der Waals surface area contributed by atoms with Crippen LogP contribution in [0.15, 0.2) is 54.6 Å². The lowest BCUT2D eigenvalue weighted by Crippen LogP contribution is -2.45. The van der Waals surface area contributed by atoms with E-state index < -0.39 is 5.54 Å². The van der Waals surface area contributed by atoms with Crippen molar-refractivity contribution in [2.45, 2.75) is 32.2 Å². The van der Waals surface area contributed by atoms with E-state index in [4.69, 9.17) is 5.73 Å². The number of amides is 1. The number of carbonyl (C=O) groups excluding carboxylic acids is 1. The number of nitrogens with two attached hydrogens (primary N) is 1. The third-order valence-electron chi connectivity index (χ3n) is 5.10. The number of nitrogens with zero attached hydrogens (tertiary/aromatic N) is 1. The summed E-state index contributed by atoms with van der Waals surface area (Å²) >= 11 is 0. The van der Waals surface area contributed by atoms with Crippen LogP contribution in [0.25, 0.3) is 0 Å². The van der Waals surface area contributed by atoms with Crippen LogP contribution < -0.4 is 16.0 Å². The van der Waals surface area contributed by atoms with Gasteiger partial charge >= 0.3 is 0 Å². The van der Waals surface area contributed by atoms with E-state index in [0.717, 1.165) is 35.9 Å². The van der Waals surface area contributed by atoms with Gasteiger partial charge in [0.15, 0.2) is 0 Å². The minimum Gasteiger partial charge on any atom is -0.371 e. The maximum Gasteiger partial charge on any atom is 0.248 e. The zero-order chi connectivity index (χ0) is 17.9. The van der Waals surface area contributed by atoms with Crippen molar-refractivity contribution in [3.8, 4) is 0 Å². The van der Waals surface area contributed by atoms with E-state index in [0.29, 0.717) is 0 Å². The van der Waals surface area contributed by atoms with E-state index >= 15 is 0 Å². The average molecular weight is 410 g/mol. The monoisotopic (exact) mass is 409 g/mol. The lowest BCUT2D eigenvalue weighted by Gasteiger charge is -2.32. The molecule has 2 aromatic rings. The summed E-state index contributed by atoms with van der Waals surface area (Å²) in [5.74, 6) is 0.589. The molecule has 0 aromatic heterocycles. The Hall–Kier alpha value is -1.75. The third kappa shape index (κ3) is 5.61. The van der Waals surface area contributed by atoms with Gasteiger partial charge in [0, 0.05) is 24.5 Å². The van der Waals surface area contributed by atoms with Gasteiger partial charge in [-0.05, 0) is 49.4 Å². The van der Waals surface area contributed by atoms with Gasteiger partial charge in [0.2, 0.25) is 5.91 Å². The molecule has 0 bridgehead atoms. The second kappa shape index (κ2) is 9.98. The Morgan fingerprint density at radius 1 is 1.07 bits per heavy atom. The van der Waals surface area contributed by atoms with Gasteiger partial charge in [0.1, 0.15) is 5.54 Å². The van der Waals surface area contributed by atoms with Crippen LogP contribution >= 0.6 is 24.8 Å². The summed E-state index contributed by atoms with van der Waals surface area (Å²) in [5, 5.41) is 2.98. The predicted octanol–water partition coefficient (Wildman–Crippen LogP) is 4.58. The molecule has 1 unspecified atom stereocenters. The van der Waals surface area contributed by atoms with Gasteiger partial charge in [0.25, 0.3) is 0 Å². The van der Waals surface area contributed by atoms with E-state index in [1.807, 2.05) is 48.5 Å². The first-order chi connectivity index (χ1) is 12.0. The minimum atomic E-state index is -1.07. The first-order valence-corrected chi connectivity index (χ1v) is 8.97. The molecule has 3 N–H and O–H groups in total. The molecule has 0 aliphatic carbocycles. The number of anilines is 2. The number of piperidine rings is 1. The number of rotatable bonds is 4. The molecule has 0 saturated carbocycles. The Morgan fingerprint density at radius 3 is 2.33 bits per heavy atom. The number of hydrogen-bond donors (Lipinski definition) is 2. The second-order valence-electron chi connectivity index (χ2n) is 7.24. The third-order valence-corrected chi connectivity index (χ3v) is 5.10. The molecule has 1 aliphatic heterocycles. The molecule has 2 aromatic carbocycles. The van der Waals surface area contributed by atoms with Crippen molar-refractivity contribution in [1.82, 2.24) is 0 Å². The quantitative estimate of drug-likeness (QED) is 0.776. The summed E-state index contributed by atoms with van der Waals surface area (Å²) < 4.78 is 0. The number of carbonyl (C=O) groups is 1. The Labute approximate surface area is 174 Å². The molecule has 4 nitrogen and oxygen atoms in total. The van der Waals surface area contributed by atoms with E-state index in [9.17, 15) is 4.79 Å². The SMILES string of the molecule is CC1CCN(c2cccc(NC(=O)C(C)(N)c3ccccc3)c2)CC1.Cl.Cl. The number of halogens is 2. The van der Waals surface area contributed by atoms with E-state index in [1.165, 1.54) is 12.8 Å². The lowest BCUT2D eigenvalue weighted by atomic mass is 9.92. The summed E-state index contributed by atoms with van der Waals surface area (Å²) in [6, 6.07) is 17.5. The van der Waals surface area contributed by atoms with Crippen molar-refractivity contribution in [1.29, 1.82) is 0 Å². The molecular formula is C21H29Cl2N3O. The smallest absolute Gasteiger partial charge is 0.248 e. The van der Waals surface area contributed by atoms with E-state index in [1.54, 1.807) is 6.92 Å². The molecule has 1 saturated heterocycles. The van der Waals surface area contributed by atoms with Crippen LogP contribution in [0.5, 0.6) is 0 Å². The van der Waals surface area contributed by atoms with Crippen molar-refractivity contribution in [3.63, 3.8) is 0 Å². The van der Waals surface area contributed by atoms with Crippen LogP contribution in [-0.4, -0.2) is 19.0 Å². The molecule has 1 aliphatic rings. The number of benzene rings is 2. The van der Waals surface area contributed by atoms with Crippen molar-refractivity contribution in [3.05, 3.63) is 60.2 Å². The maximum atomic E-state index is 12.7. The molecule has 1 amide bonds. The van der Waals surface area contributed by atoms with E-state index in [-0.39, 0.29) is 30.7 Å². The summed E-state index contributed by atoms with van der Waals surface area (Å²) in [6.45, 7) is 6.18. The Kier molecular flexibility index (Phi) is 8.60. The molecule has 1 heterocycles. The minimum absolute atomic E-state index is 0. The van der Waals surface area contributed by atoms with Crippen molar-refractivity contribution in [2.24, 2.45) is 11.7 Å². The van der Waals surface area contributed by atoms with Gasteiger partial charge in [-0.2, -0.15) is 0 Å². The molecule has 0 spiro atoms. The summed E-state index contributed by atoms with van der Waals surface area (Å²) in [4.78, 5) is 15.1. The van der Waals surface area contributed by atoms with Crippen LogP contribution in [0.1, 0.15) is 32.3 Å². The largest absolute Gasteiger partial charge is 0.371 e. The van der Waals surface area contributed by atoms with Gasteiger partial charge < -0.3 is 16.0 Å². The molecule has 1 fully saturated rings. The number of hydrogen-bond acceptors (Lipinski definition) is 3. The van der Waals surface area contributed by atoms with Gasteiger partial charge in [-0.1, -0.05) is 43.3 Å². The first-order valence-electron chi connectivity index (χ1n) is 8.97. The summed E-state index contributed by atoms with van der Waals surface area (Å²) in [6.07, 6.45) is 2.43. The zero-order valence-electron chi connectivity index (χ0n) is 15.9. The summed E-state index contributed by atoms with van der Waals surface area (Å²) in [5.41, 5.74) is 7.97. The molecule has 1 atom stereocenters. The fraction of sp³-hybridized carbons (Fsp3) is 0.381. The van der Waals surface area contributed by atoms with Crippen molar-refractivity contribution < 1.29 is 4.79 Å². The Bertz CT molecular complexity index is 729. The Balaban J connectivity index is 0.00000182. The normalized spacial score (nSPS) is 16.5. The van der Waals surface area contributed by atoms with Crippen molar-refractivity contribution >= 4 is 42.1 Å². The van der Waals surface area contributed by atoms with E-state index in [2.05, 4.69) is 23.2 Å². The zero-order valence-corrected chi connectivity index (χ0v) is 17.5. The molecule has 0 radical (unpaired) electrons. The highest BCUT2D eigenvalue weighted by Gasteiger charge is 2.30. The highest BCUT2D eigenvalue weighted by molar-refractivity contribution is 5.98. The fourth-order valence-electron chi connectivity index (χ4n) is 3.22. The van der Waals surface area contributed by atoms with Gasteiger partial charge in [-0.25, -0.2) is 0 Å². The van der Waals surface area contributed by atoms with Crippen LogP contribution in [0, 0.1) is 5.92 Å². The van der Waals surface area contributed by atoms with Crippen LogP contribution in [-0.2, 0) is 10.3 Å². The molecule has 6 heteroatoms.